The van der Waals surface area contributed by atoms with Crippen LogP contribution in [-0.4, -0.2) is 11.0 Å². The number of anilines is 2. The van der Waals surface area contributed by atoms with Gasteiger partial charge in [-0.05, 0) is 18.1 Å². The van der Waals surface area contributed by atoms with E-state index in [1.807, 2.05) is 18.2 Å². The number of fused-ring (bicyclic) bond motifs is 1. The molecule has 3 N–H and O–H groups in total. The summed E-state index contributed by atoms with van der Waals surface area (Å²) in [6.45, 7) is 0. The molecule has 1 aliphatic rings. The second kappa shape index (κ2) is 4.77. The lowest BCUT2D eigenvalue weighted by atomic mass is 10.1. The van der Waals surface area contributed by atoms with Crippen LogP contribution in [0.25, 0.3) is 10.9 Å². The molecule has 1 aromatic heterocycles. The molecule has 21 heavy (non-hydrogen) atoms. The van der Waals surface area contributed by atoms with Gasteiger partial charge in [0.25, 0.3) is 0 Å². The van der Waals surface area contributed by atoms with Gasteiger partial charge >= 0.3 is 0 Å². The molecule has 1 heterocycles. The van der Waals surface area contributed by atoms with Crippen molar-refractivity contribution in [3.8, 4) is 0 Å². The Morgan fingerprint density at radius 1 is 1.00 bits per heavy atom. The van der Waals surface area contributed by atoms with Crippen LogP contribution in [0.5, 0.6) is 0 Å². The molecular weight excluding hydrogens is 258 g/mol. The molecule has 2 aromatic carbocycles. The number of hydrogen-bond donors (Lipinski definition) is 2. The maximum Gasteiger partial charge on any atom is 0.0743 e. The van der Waals surface area contributed by atoms with E-state index < -0.39 is 0 Å². The fraction of sp³-hybridized carbons (Fsp3) is 0.167. The van der Waals surface area contributed by atoms with Crippen LogP contribution in [0, 0.1) is 0 Å². The standard InChI is InChI=1S/C18H17N3/c19-15-11-20-16-9-5-4-8-13(16)18(15)21-17-10-14(17)12-6-2-1-3-7-12/h1-9,11,14,17H,10,19H2,(H,20,21). The SMILES string of the molecule is Nc1cnc2ccccc2c1NC1CC1c1ccccc1. The third-order valence-electron chi connectivity index (χ3n) is 4.15. The number of pyridine rings is 1. The van der Waals surface area contributed by atoms with Crippen molar-refractivity contribution in [3.05, 3.63) is 66.4 Å². The van der Waals surface area contributed by atoms with Crippen molar-refractivity contribution in [1.29, 1.82) is 0 Å². The van der Waals surface area contributed by atoms with Crippen molar-refractivity contribution in [1.82, 2.24) is 4.98 Å². The van der Waals surface area contributed by atoms with Crippen molar-refractivity contribution in [2.24, 2.45) is 0 Å². The highest BCUT2D eigenvalue weighted by molar-refractivity contribution is 5.97. The molecule has 0 aliphatic heterocycles. The third-order valence-corrected chi connectivity index (χ3v) is 4.15. The molecular formula is C18H17N3. The quantitative estimate of drug-likeness (QED) is 0.764. The molecule has 0 bridgehead atoms. The summed E-state index contributed by atoms with van der Waals surface area (Å²) in [5, 5.41) is 4.70. The van der Waals surface area contributed by atoms with Crippen LogP contribution >= 0.6 is 0 Å². The van der Waals surface area contributed by atoms with Gasteiger partial charge in [-0.1, -0.05) is 48.5 Å². The summed E-state index contributed by atoms with van der Waals surface area (Å²) in [5.41, 5.74) is 10.2. The van der Waals surface area contributed by atoms with Gasteiger partial charge < -0.3 is 11.1 Å². The van der Waals surface area contributed by atoms with Gasteiger partial charge in [-0.15, -0.1) is 0 Å². The average molecular weight is 275 g/mol. The number of nitrogen functional groups attached to an aromatic ring is 1. The van der Waals surface area contributed by atoms with Crippen LogP contribution in [-0.2, 0) is 0 Å². The van der Waals surface area contributed by atoms with E-state index in [4.69, 9.17) is 5.73 Å². The van der Waals surface area contributed by atoms with Crippen molar-refractivity contribution in [3.63, 3.8) is 0 Å². The van der Waals surface area contributed by atoms with Crippen molar-refractivity contribution in [2.75, 3.05) is 11.1 Å². The number of nitrogens with zero attached hydrogens (tertiary/aromatic N) is 1. The zero-order chi connectivity index (χ0) is 14.2. The van der Waals surface area contributed by atoms with Gasteiger partial charge in [0.15, 0.2) is 0 Å². The van der Waals surface area contributed by atoms with Crippen LogP contribution < -0.4 is 11.1 Å². The molecule has 0 radical (unpaired) electrons. The lowest BCUT2D eigenvalue weighted by Gasteiger charge is -2.12. The zero-order valence-corrected chi connectivity index (χ0v) is 11.7. The Morgan fingerprint density at radius 2 is 1.76 bits per heavy atom. The van der Waals surface area contributed by atoms with Crippen molar-refractivity contribution < 1.29 is 0 Å². The summed E-state index contributed by atoms with van der Waals surface area (Å²) in [6, 6.07) is 19.2. The Balaban J connectivity index is 1.63. The highest BCUT2D eigenvalue weighted by Gasteiger charge is 2.38. The molecule has 3 aromatic rings. The first kappa shape index (κ1) is 12.2. The average Bonchev–Trinajstić information content (AvgIpc) is 3.30. The minimum atomic E-state index is 0.459. The van der Waals surface area contributed by atoms with Gasteiger partial charge in [-0.2, -0.15) is 0 Å². The van der Waals surface area contributed by atoms with Crippen LogP contribution in [0.15, 0.2) is 60.8 Å². The van der Waals surface area contributed by atoms with E-state index in [1.165, 1.54) is 5.56 Å². The number of nitrogens with two attached hydrogens (primary N) is 1. The Labute approximate surface area is 123 Å². The highest BCUT2D eigenvalue weighted by atomic mass is 15.0. The normalized spacial score (nSPS) is 20.4. The summed E-state index contributed by atoms with van der Waals surface area (Å²) in [5.74, 6) is 0.581. The molecule has 1 saturated carbocycles. The number of benzene rings is 2. The molecule has 3 nitrogen and oxygen atoms in total. The minimum Gasteiger partial charge on any atom is -0.396 e. The van der Waals surface area contributed by atoms with E-state index in [0.29, 0.717) is 17.6 Å². The fourth-order valence-electron chi connectivity index (χ4n) is 2.93. The molecule has 104 valence electrons. The summed E-state index contributed by atoms with van der Waals surface area (Å²) < 4.78 is 0. The molecule has 2 unspecified atom stereocenters. The molecule has 1 aliphatic carbocycles. The Morgan fingerprint density at radius 3 is 2.62 bits per heavy atom. The van der Waals surface area contributed by atoms with E-state index in [0.717, 1.165) is 23.0 Å². The summed E-state index contributed by atoms with van der Waals surface area (Å²) in [6.07, 6.45) is 2.89. The van der Waals surface area contributed by atoms with Gasteiger partial charge in [0, 0.05) is 17.3 Å². The predicted octanol–water partition coefficient (Wildman–Crippen LogP) is 3.79. The number of hydrogen-bond acceptors (Lipinski definition) is 3. The summed E-state index contributed by atoms with van der Waals surface area (Å²) >= 11 is 0. The Hall–Kier alpha value is -2.55. The summed E-state index contributed by atoms with van der Waals surface area (Å²) in [4.78, 5) is 4.38. The Kier molecular flexibility index (Phi) is 2.78. The van der Waals surface area contributed by atoms with E-state index in [1.54, 1.807) is 6.20 Å². The molecule has 0 saturated heterocycles. The predicted molar refractivity (Wildman–Crippen MR) is 87.4 cm³/mol. The molecule has 1 fully saturated rings. The number of aromatic nitrogens is 1. The molecule has 2 atom stereocenters. The van der Waals surface area contributed by atoms with E-state index >= 15 is 0 Å². The van der Waals surface area contributed by atoms with E-state index in [2.05, 4.69) is 46.7 Å². The van der Waals surface area contributed by atoms with Crippen molar-refractivity contribution >= 4 is 22.3 Å². The topological polar surface area (TPSA) is 50.9 Å². The first-order valence-electron chi connectivity index (χ1n) is 7.27. The number of nitrogens with one attached hydrogen (secondary N) is 1. The molecule has 0 amide bonds. The monoisotopic (exact) mass is 275 g/mol. The maximum atomic E-state index is 6.12. The fourth-order valence-corrected chi connectivity index (χ4v) is 2.93. The lowest BCUT2D eigenvalue weighted by molar-refractivity contribution is 1.05. The molecule has 4 rings (SSSR count). The zero-order valence-electron chi connectivity index (χ0n) is 11.7. The second-order valence-electron chi connectivity index (χ2n) is 5.61. The minimum absolute atomic E-state index is 0.459. The van der Waals surface area contributed by atoms with Gasteiger partial charge in [-0.3, -0.25) is 4.98 Å². The third kappa shape index (κ3) is 2.21. The second-order valence-corrected chi connectivity index (χ2v) is 5.61. The van der Waals surface area contributed by atoms with Crippen LogP contribution in [0.3, 0.4) is 0 Å². The number of rotatable bonds is 3. The van der Waals surface area contributed by atoms with Crippen molar-refractivity contribution in [2.45, 2.75) is 18.4 Å². The van der Waals surface area contributed by atoms with Crippen LogP contribution in [0.2, 0.25) is 0 Å². The maximum absolute atomic E-state index is 6.12. The first-order valence-corrected chi connectivity index (χ1v) is 7.27. The first-order chi connectivity index (χ1) is 10.3. The van der Waals surface area contributed by atoms with Gasteiger partial charge in [0.2, 0.25) is 0 Å². The van der Waals surface area contributed by atoms with Crippen LogP contribution in [0.4, 0.5) is 11.4 Å². The lowest BCUT2D eigenvalue weighted by Crippen LogP contribution is -2.07. The van der Waals surface area contributed by atoms with Gasteiger partial charge in [0.1, 0.15) is 0 Å². The molecule has 3 heteroatoms. The van der Waals surface area contributed by atoms with Gasteiger partial charge in [-0.25, -0.2) is 0 Å². The number of para-hydroxylation sites is 1. The Bertz CT molecular complexity index is 783. The summed E-state index contributed by atoms with van der Waals surface area (Å²) in [7, 11) is 0. The molecule has 0 spiro atoms. The smallest absolute Gasteiger partial charge is 0.0743 e. The van der Waals surface area contributed by atoms with Gasteiger partial charge in [0.05, 0.1) is 23.1 Å². The van der Waals surface area contributed by atoms with Crippen LogP contribution in [0.1, 0.15) is 17.9 Å². The largest absolute Gasteiger partial charge is 0.396 e. The highest BCUT2D eigenvalue weighted by Crippen LogP contribution is 2.44. The van der Waals surface area contributed by atoms with E-state index in [9.17, 15) is 0 Å². The van der Waals surface area contributed by atoms with E-state index in [-0.39, 0.29) is 0 Å².